The fourth-order valence-electron chi connectivity index (χ4n) is 0.529. The molecule has 62 valence electrons. The SMILES string of the molecule is CC(C)SCc1nnsc1Cl. The van der Waals surface area contributed by atoms with Crippen LogP contribution in [0.3, 0.4) is 0 Å². The molecule has 0 bridgehead atoms. The molecule has 1 aromatic rings. The van der Waals surface area contributed by atoms with E-state index in [0.717, 1.165) is 15.8 Å². The summed E-state index contributed by atoms with van der Waals surface area (Å²) < 4.78 is 4.47. The molecule has 0 aliphatic heterocycles. The molecule has 0 radical (unpaired) electrons. The van der Waals surface area contributed by atoms with Gasteiger partial charge in [-0.1, -0.05) is 29.9 Å². The van der Waals surface area contributed by atoms with Crippen LogP contribution < -0.4 is 0 Å². The Balaban J connectivity index is 2.44. The van der Waals surface area contributed by atoms with E-state index in [9.17, 15) is 0 Å². The van der Waals surface area contributed by atoms with E-state index < -0.39 is 0 Å². The maximum atomic E-state index is 5.80. The lowest BCUT2D eigenvalue weighted by Gasteiger charge is -2.00. The Morgan fingerprint density at radius 3 is 2.82 bits per heavy atom. The van der Waals surface area contributed by atoms with Gasteiger partial charge in [0.15, 0.2) is 0 Å². The Labute approximate surface area is 79.5 Å². The Bertz CT molecular complexity index is 224. The number of hydrogen-bond donors (Lipinski definition) is 0. The molecule has 0 fully saturated rings. The maximum Gasteiger partial charge on any atom is 0.138 e. The zero-order chi connectivity index (χ0) is 8.27. The largest absolute Gasteiger partial charge is 0.153 e. The molecule has 0 N–H and O–H groups in total. The van der Waals surface area contributed by atoms with E-state index in [2.05, 4.69) is 23.4 Å². The average molecular weight is 209 g/mol. The average Bonchev–Trinajstić information content (AvgIpc) is 2.31. The van der Waals surface area contributed by atoms with Crippen LogP contribution in [0, 0.1) is 0 Å². The Hall–Kier alpha value is 0.200. The molecule has 0 amide bonds. The lowest BCUT2D eigenvalue weighted by Crippen LogP contribution is -1.89. The van der Waals surface area contributed by atoms with Crippen molar-refractivity contribution >= 4 is 34.9 Å². The minimum atomic E-state index is 0.618. The van der Waals surface area contributed by atoms with E-state index in [1.807, 2.05) is 11.8 Å². The first-order valence-corrected chi connectivity index (χ1v) is 5.48. The van der Waals surface area contributed by atoms with Gasteiger partial charge in [-0.25, -0.2) is 0 Å². The molecule has 0 aliphatic carbocycles. The molecule has 1 aromatic heterocycles. The summed E-state index contributed by atoms with van der Waals surface area (Å²) in [4.78, 5) is 0. The van der Waals surface area contributed by atoms with Crippen molar-refractivity contribution in [2.24, 2.45) is 0 Å². The van der Waals surface area contributed by atoms with Crippen LogP contribution in [0.5, 0.6) is 0 Å². The molecule has 11 heavy (non-hydrogen) atoms. The predicted octanol–water partition coefficient (Wildman–Crippen LogP) is 2.83. The lowest BCUT2D eigenvalue weighted by atomic mass is 10.6. The van der Waals surface area contributed by atoms with E-state index in [0.29, 0.717) is 5.25 Å². The van der Waals surface area contributed by atoms with Crippen LogP contribution in [-0.4, -0.2) is 14.8 Å². The normalized spacial score (nSPS) is 10.9. The second kappa shape index (κ2) is 4.28. The van der Waals surface area contributed by atoms with E-state index in [1.165, 1.54) is 11.5 Å². The number of hydrogen-bond acceptors (Lipinski definition) is 4. The fraction of sp³-hybridized carbons (Fsp3) is 0.667. The zero-order valence-electron chi connectivity index (χ0n) is 6.37. The van der Waals surface area contributed by atoms with Crippen LogP contribution >= 0.6 is 34.9 Å². The standard InChI is InChI=1S/C6H9ClN2S2/c1-4(2)10-3-5-6(7)11-9-8-5/h4H,3H2,1-2H3. The molecule has 0 atom stereocenters. The van der Waals surface area contributed by atoms with E-state index in [-0.39, 0.29) is 0 Å². The zero-order valence-corrected chi connectivity index (χ0v) is 8.76. The number of nitrogens with zero attached hydrogens (tertiary/aromatic N) is 2. The van der Waals surface area contributed by atoms with Gasteiger partial charge in [0.05, 0.1) is 0 Å². The Morgan fingerprint density at radius 1 is 1.64 bits per heavy atom. The first-order valence-electron chi connectivity index (χ1n) is 3.28. The van der Waals surface area contributed by atoms with Gasteiger partial charge in [-0.2, -0.15) is 11.8 Å². The van der Waals surface area contributed by atoms with Crippen molar-refractivity contribution in [3.05, 3.63) is 10.0 Å². The molecular weight excluding hydrogens is 200 g/mol. The lowest BCUT2D eigenvalue weighted by molar-refractivity contribution is 1.06. The quantitative estimate of drug-likeness (QED) is 0.764. The van der Waals surface area contributed by atoms with Gasteiger partial charge >= 0.3 is 0 Å². The van der Waals surface area contributed by atoms with Gasteiger partial charge in [-0.3, -0.25) is 0 Å². The van der Waals surface area contributed by atoms with Crippen molar-refractivity contribution < 1.29 is 0 Å². The van der Waals surface area contributed by atoms with Crippen molar-refractivity contribution in [3.63, 3.8) is 0 Å². The highest BCUT2D eigenvalue weighted by molar-refractivity contribution is 7.99. The molecule has 0 spiro atoms. The van der Waals surface area contributed by atoms with Crippen LogP contribution in [0.2, 0.25) is 4.34 Å². The van der Waals surface area contributed by atoms with Crippen molar-refractivity contribution in [2.45, 2.75) is 24.9 Å². The second-order valence-corrected chi connectivity index (χ2v) is 5.27. The smallest absolute Gasteiger partial charge is 0.138 e. The minimum Gasteiger partial charge on any atom is -0.153 e. The third-order valence-corrected chi connectivity index (χ3v) is 3.15. The van der Waals surface area contributed by atoms with Crippen molar-refractivity contribution in [1.29, 1.82) is 0 Å². The van der Waals surface area contributed by atoms with Crippen LogP contribution in [0.25, 0.3) is 0 Å². The number of rotatable bonds is 3. The number of aromatic nitrogens is 2. The van der Waals surface area contributed by atoms with Crippen LogP contribution in [0.15, 0.2) is 0 Å². The molecule has 0 saturated heterocycles. The Morgan fingerprint density at radius 2 is 2.36 bits per heavy atom. The molecule has 2 nitrogen and oxygen atoms in total. The summed E-state index contributed by atoms with van der Waals surface area (Å²) in [5.74, 6) is 0.868. The van der Waals surface area contributed by atoms with E-state index in [4.69, 9.17) is 11.6 Å². The topological polar surface area (TPSA) is 25.8 Å². The minimum absolute atomic E-state index is 0.618. The van der Waals surface area contributed by atoms with Crippen molar-refractivity contribution in [2.75, 3.05) is 0 Å². The van der Waals surface area contributed by atoms with Gasteiger partial charge in [0.25, 0.3) is 0 Å². The highest BCUT2D eigenvalue weighted by Crippen LogP contribution is 2.23. The molecule has 5 heteroatoms. The fourth-order valence-corrected chi connectivity index (χ4v) is 2.02. The van der Waals surface area contributed by atoms with Crippen LogP contribution in [0.4, 0.5) is 0 Å². The van der Waals surface area contributed by atoms with Gasteiger partial charge in [0.2, 0.25) is 0 Å². The molecule has 0 aliphatic rings. The number of halogens is 1. The summed E-state index contributed by atoms with van der Waals surface area (Å²) in [6.07, 6.45) is 0. The number of thioether (sulfide) groups is 1. The first-order chi connectivity index (χ1) is 5.20. The third-order valence-electron chi connectivity index (χ3n) is 1.06. The van der Waals surface area contributed by atoms with Gasteiger partial charge in [0.1, 0.15) is 10.0 Å². The molecule has 0 unspecified atom stereocenters. The molecule has 0 aromatic carbocycles. The monoisotopic (exact) mass is 208 g/mol. The van der Waals surface area contributed by atoms with Gasteiger partial charge in [0, 0.05) is 17.3 Å². The van der Waals surface area contributed by atoms with Gasteiger partial charge < -0.3 is 0 Å². The first kappa shape index (κ1) is 9.29. The van der Waals surface area contributed by atoms with E-state index >= 15 is 0 Å². The predicted molar refractivity (Wildman–Crippen MR) is 51.4 cm³/mol. The Kier molecular flexibility index (Phi) is 3.62. The summed E-state index contributed by atoms with van der Waals surface area (Å²) >= 11 is 8.87. The highest BCUT2D eigenvalue weighted by atomic mass is 35.5. The summed E-state index contributed by atoms with van der Waals surface area (Å²) in [5, 5.41) is 4.52. The summed E-state index contributed by atoms with van der Waals surface area (Å²) in [5.41, 5.74) is 0.912. The highest BCUT2D eigenvalue weighted by Gasteiger charge is 2.05. The van der Waals surface area contributed by atoms with Crippen LogP contribution in [0.1, 0.15) is 19.5 Å². The summed E-state index contributed by atoms with van der Waals surface area (Å²) in [7, 11) is 0. The summed E-state index contributed by atoms with van der Waals surface area (Å²) in [6, 6.07) is 0. The van der Waals surface area contributed by atoms with Crippen molar-refractivity contribution in [3.8, 4) is 0 Å². The van der Waals surface area contributed by atoms with Crippen molar-refractivity contribution in [1.82, 2.24) is 9.59 Å². The van der Waals surface area contributed by atoms with Crippen LogP contribution in [-0.2, 0) is 5.75 Å². The van der Waals surface area contributed by atoms with Gasteiger partial charge in [-0.15, -0.1) is 5.10 Å². The van der Waals surface area contributed by atoms with E-state index in [1.54, 1.807) is 0 Å². The second-order valence-electron chi connectivity index (χ2n) is 2.35. The molecule has 1 rings (SSSR count). The van der Waals surface area contributed by atoms with Gasteiger partial charge in [-0.05, 0) is 5.25 Å². The molecular formula is C6H9ClN2S2. The molecule has 1 heterocycles. The summed E-state index contributed by atoms with van der Waals surface area (Å²) in [6.45, 7) is 4.30. The molecule has 0 saturated carbocycles. The maximum absolute atomic E-state index is 5.80. The third kappa shape index (κ3) is 2.97.